The number of carbonyl (C=O) groups excluding carboxylic acids is 1. The van der Waals surface area contributed by atoms with Gasteiger partial charge in [-0.25, -0.2) is 9.07 Å². The summed E-state index contributed by atoms with van der Waals surface area (Å²) in [4.78, 5) is 15.0. The number of nitrogens with two attached hydrogens (primary N) is 1. The lowest BCUT2D eigenvalue weighted by Gasteiger charge is -2.33. The zero-order valence-electron chi connectivity index (χ0n) is 15.7. The van der Waals surface area contributed by atoms with E-state index in [-0.39, 0.29) is 23.7 Å². The fourth-order valence-electron chi connectivity index (χ4n) is 3.66. The summed E-state index contributed by atoms with van der Waals surface area (Å²) in [5.74, 6) is 0.319. The smallest absolute Gasteiger partial charge is 0.257 e. The summed E-state index contributed by atoms with van der Waals surface area (Å²) in [5, 5.41) is 4.42. The van der Waals surface area contributed by atoms with Crippen LogP contribution in [0.3, 0.4) is 0 Å². The highest BCUT2D eigenvalue weighted by atomic mass is 19.1. The molecule has 1 saturated heterocycles. The van der Waals surface area contributed by atoms with Crippen molar-refractivity contribution >= 4 is 5.91 Å². The molecule has 2 N–H and O–H groups in total. The number of hydrogen-bond donors (Lipinski definition) is 1. The Hall–Kier alpha value is -2.21. The normalized spacial score (nSPS) is 16.9. The van der Waals surface area contributed by atoms with Crippen LogP contribution in [-0.2, 0) is 0 Å². The maximum atomic E-state index is 13.2. The Morgan fingerprint density at radius 3 is 2.35 bits per heavy atom. The number of carbonyl (C=O) groups is 1. The van der Waals surface area contributed by atoms with Crippen molar-refractivity contribution in [1.29, 1.82) is 0 Å². The van der Waals surface area contributed by atoms with E-state index in [2.05, 4.69) is 5.10 Å². The van der Waals surface area contributed by atoms with E-state index in [1.165, 1.54) is 12.1 Å². The molecule has 0 saturated carbocycles. The second-order valence-corrected chi connectivity index (χ2v) is 7.48. The lowest BCUT2D eigenvalue weighted by Crippen LogP contribution is -2.42. The highest BCUT2D eigenvalue weighted by molar-refractivity contribution is 5.95. The molecule has 1 aliphatic heterocycles. The summed E-state index contributed by atoms with van der Waals surface area (Å²) < 4.78 is 15.0. The highest BCUT2D eigenvalue weighted by Gasteiger charge is 2.29. The van der Waals surface area contributed by atoms with E-state index in [0.717, 1.165) is 37.3 Å². The molecule has 1 unspecified atom stereocenters. The van der Waals surface area contributed by atoms with Crippen molar-refractivity contribution in [2.45, 2.75) is 45.6 Å². The third-order valence-electron chi connectivity index (χ3n) is 5.23. The first-order valence-electron chi connectivity index (χ1n) is 9.27. The van der Waals surface area contributed by atoms with Gasteiger partial charge in [0.05, 0.1) is 23.1 Å². The molecule has 1 atom stereocenters. The van der Waals surface area contributed by atoms with Crippen LogP contribution in [0.1, 0.15) is 55.6 Å². The number of benzene rings is 1. The Morgan fingerprint density at radius 2 is 1.81 bits per heavy atom. The predicted octanol–water partition coefficient (Wildman–Crippen LogP) is 3.33. The molecule has 0 aliphatic carbocycles. The number of amides is 1. The van der Waals surface area contributed by atoms with Crippen LogP contribution >= 0.6 is 0 Å². The van der Waals surface area contributed by atoms with Crippen LogP contribution in [0.2, 0.25) is 0 Å². The van der Waals surface area contributed by atoms with E-state index >= 15 is 0 Å². The van der Waals surface area contributed by atoms with E-state index in [9.17, 15) is 9.18 Å². The minimum Gasteiger partial charge on any atom is -0.339 e. The molecule has 2 aromatic rings. The lowest BCUT2D eigenvalue weighted by molar-refractivity contribution is 0.0679. The minimum atomic E-state index is -0.291. The standard InChI is InChI=1S/C20H27FN4O/c1-13(2)19-18(12-23-25(19)17-6-4-16(21)5-7-17)20(26)24-10-8-15(9-11-24)14(3)22/h4-7,12-15H,8-11,22H2,1-3H3. The Morgan fingerprint density at radius 1 is 1.19 bits per heavy atom. The van der Waals surface area contributed by atoms with Gasteiger partial charge in [0.25, 0.3) is 5.91 Å². The van der Waals surface area contributed by atoms with E-state index in [4.69, 9.17) is 5.73 Å². The number of halogens is 1. The zero-order valence-corrected chi connectivity index (χ0v) is 15.7. The molecule has 1 aromatic heterocycles. The fraction of sp³-hybridized carbons (Fsp3) is 0.500. The van der Waals surface area contributed by atoms with Crippen molar-refractivity contribution in [3.63, 3.8) is 0 Å². The molecule has 3 rings (SSSR count). The molecule has 0 radical (unpaired) electrons. The molecule has 140 valence electrons. The molecule has 5 nitrogen and oxygen atoms in total. The van der Waals surface area contributed by atoms with Crippen molar-refractivity contribution < 1.29 is 9.18 Å². The van der Waals surface area contributed by atoms with Crippen LogP contribution in [0.25, 0.3) is 5.69 Å². The van der Waals surface area contributed by atoms with Gasteiger partial charge in [-0.05, 0) is 55.9 Å². The van der Waals surface area contributed by atoms with Gasteiger partial charge < -0.3 is 10.6 Å². The second-order valence-electron chi connectivity index (χ2n) is 7.48. The number of nitrogens with zero attached hydrogens (tertiary/aromatic N) is 3. The first-order chi connectivity index (χ1) is 12.4. The van der Waals surface area contributed by atoms with E-state index in [1.54, 1.807) is 23.0 Å². The Bertz CT molecular complexity index is 759. The van der Waals surface area contributed by atoms with Crippen molar-refractivity contribution in [3.05, 3.63) is 47.5 Å². The third kappa shape index (κ3) is 3.65. The van der Waals surface area contributed by atoms with Gasteiger partial charge in [-0.2, -0.15) is 5.10 Å². The SMILES string of the molecule is CC(C)c1c(C(=O)N2CCC(C(C)N)CC2)cnn1-c1ccc(F)cc1. The molecular formula is C20H27FN4O. The molecule has 0 spiro atoms. The average Bonchev–Trinajstić information content (AvgIpc) is 3.07. The van der Waals surface area contributed by atoms with E-state index < -0.39 is 0 Å². The van der Waals surface area contributed by atoms with Gasteiger partial charge in [0.1, 0.15) is 5.82 Å². The van der Waals surface area contributed by atoms with Gasteiger partial charge in [0.2, 0.25) is 0 Å². The van der Waals surface area contributed by atoms with Crippen LogP contribution in [0.5, 0.6) is 0 Å². The van der Waals surface area contributed by atoms with Crippen molar-refractivity contribution in [1.82, 2.24) is 14.7 Å². The number of likely N-dealkylation sites (tertiary alicyclic amines) is 1. The molecule has 1 fully saturated rings. The molecular weight excluding hydrogens is 331 g/mol. The molecule has 1 amide bonds. The third-order valence-corrected chi connectivity index (χ3v) is 5.23. The predicted molar refractivity (Wildman–Crippen MR) is 99.9 cm³/mol. The molecule has 1 aliphatic rings. The monoisotopic (exact) mass is 358 g/mol. The van der Waals surface area contributed by atoms with Gasteiger partial charge in [-0.3, -0.25) is 4.79 Å². The molecule has 6 heteroatoms. The number of piperidine rings is 1. The topological polar surface area (TPSA) is 64.2 Å². The minimum absolute atomic E-state index is 0.0187. The van der Waals surface area contributed by atoms with E-state index in [1.807, 2.05) is 25.7 Å². The van der Waals surface area contributed by atoms with Gasteiger partial charge in [-0.15, -0.1) is 0 Å². The molecule has 2 heterocycles. The van der Waals surface area contributed by atoms with Crippen LogP contribution < -0.4 is 5.73 Å². The largest absolute Gasteiger partial charge is 0.339 e. The van der Waals surface area contributed by atoms with Crippen LogP contribution in [-0.4, -0.2) is 39.7 Å². The first kappa shape index (κ1) is 18.6. The summed E-state index contributed by atoms with van der Waals surface area (Å²) in [7, 11) is 0. The van der Waals surface area contributed by atoms with Gasteiger partial charge in [0, 0.05) is 19.1 Å². The first-order valence-corrected chi connectivity index (χ1v) is 9.27. The van der Waals surface area contributed by atoms with Crippen LogP contribution in [0.15, 0.2) is 30.5 Å². The number of rotatable bonds is 4. The quantitative estimate of drug-likeness (QED) is 0.912. The fourth-order valence-corrected chi connectivity index (χ4v) is 3.66. The van der Waals surface area contributed by atoms with Crippen molar-refractivity contribution in [2.75, 3.05) is 13.1 Å². The lowest BCUT2D eigenvalue weighted by atomic mass is 9.90. The van der Waals surface area contributed by atoms with E-state index in [0.29, 0.717) is 11.5 Å². The second kappa shape index (κ2) is 7.58. The Balaban J connectivity index is 1.86. The average molecular weight is 358 g/mol. The summed E-state index contributed by atoms with van der Waals surface area (Å²) in [5.41, 5.74) is 8.24. The van der Waals surface area contributed by atoms with Gasteiger partial charge in [-0.1, -0.05) is 13.8 Å². The Labute approximate surface area is 154 Å². The maximum absolute atomic E-state index is 13.2. The number of hydrogen-bond acceptors (Lipinski definition) is 3. The van der Waals surface area contributed by atoms with Crippen LogP contribution in [0, 0.1) is 11.7 Å². The Kier molecular flexibility index (Phi) is 5.41. The summed E-state index contributed by atoms with van der Waals surface area (Å²) in [6.45, 7) is 7.56. The zero-order chi connectivity index (χ0) is 18.8. The summed E-state index contributed by atoms with van der Waals surface area (Å²) >= 11 is 0. The molecule has 1 aromatic carbocycles. The summed E-state index contributed by atoms with van der Waals surface area (Å²) in [6, 6.07) is 6.33. The van der Waals surface area contributed by atoms with Gasteiger partial charge >= 0.3 is 0 Å². The molecule has 0 bridgehead atoms. The van der Waals surface area contributed by atoms with Gasteiger partial charge in [0.15, 0.2) is 0 Å². The van der Waals surface area contributed by atoms with Crippen molar-refractivity contribution in [3.8, 4) is 5.69 Å². The maximum Gasteiger partial charge on any atom is 0.257 e. The highest BCUT2D eigenvalue weighted by Crippen LogP contribution is 2.26. The summed E-state index contributed by atoms with van der Waals surface area (Å²) in [6.07, 6.45) is 3.51. The van der Waals surface area contributed by atoms with Crippen molar-refractivity contribution in [2.24, 2.45) is 11.7 Å². The number of aromatic nitrogens is 2. The van der Waals surface area contributed by atoms with Crippen LogP contribution in [0.4, 0.5) is 4.39 Å². The molecule has 26 heavy (non-hydrogen) atoms.